The minimum absolute atomic E-state index is 0.0370. The molecule has 0 spiro atoms. The van der Waals surface area contributed by atoms with Crippen LogP contribution in [0.2, 0.25) is 0 Å². The highest BCUT2D eigenvalue weighted by molar-refractivity contribution is 7.16. The van der Waals surface area contributed by atoms with Gasteiger partial charge in [-0.2, -0.15) is 0 Å². The maximum atomic E-state index is 12.9. The van der Waals surface area contributed by atoms with E-state index < -0.39 is 0 Å². The van der Waals surface area contributed by atoms with Crippen LogP contribution in [-0.4, -0.2) is 22.6 Å². The van der Waals surface area contributed by atoms with Gasteiger partial charge in [0.15, 0.2) is 10.7 Å². The van der Waals surface area contributed by atoms with Crippen LogP contribution in [0.15, 0.2) is 41.4 Å². The van der Waals surface area contributed by atoms with E-state index in [9.17, 15) is 4.79 Å². The summed E-state index contributed by atoms with van der Waals surface area (Å²) in [7, 11) is 0. The summed E-state index contributed by atoms with van der Waals surface area (Å²) >= 11 is 1.63. The molecular formula is C19H19N3O2S. The van der Waals surface area contributed by atoms with Crippen LogP contribution in [0.4, 0.5) is 5.13 Å². The van der Waals surface area contributed by atoms with E-state index in [2.05, 4.69) is 11.7 Å². The Morgan fingerprint density at radius 1 is 1.32 bits per heavy atom. The van der Waals surface area contributed by atoms with E-state index in [4.69, 9.17) is 9.51 Å². The van der Waals surface area contributed by atoms with Crippen LogP contribution >= 0.6 is 11.3 Å². The Bertz CT molecular complexity index is 904. The van der Waals surface area contributed by atoms with Crippen LogP contribution in [0.1, 0.15) is 29.1 Å². The third-order valence-corrected chi connectivity index (χ3v) is 5.63. The molecule has 0 bridgehead atoms. The number of anilines is 1. The molecule has 0 atom stereocenters. The number of carbonyl (C=O) groups excluding carboxylic acids is 1. The Labute approximate surface area is 150 Å². The zero-order valence-corrected chi connectivity index (χ0v) is 14.7. The van der Waals surface area contributed by atoms with E-state index in [0.717, 1.165) is 29.1 Å². The zero-order chi connectivity index (χ0) is 17.2. The van der Waals surface area contributed by atoms with Gasteiger partial charge in [0.2, 0.25) is 5.91 Å². The first-order chi connectivity index (χ1) is 12.3. The van der Waals surface area contributed by atoms with Gasteiger partial charge >= 0.3 is 0 Å². The monoisotopic (exact) mass is 353 g/mol. The maximum absolute atomic E-state index is 12.9. The second-order valence-electron chi connectivity index (χ2n) is 6.17. The van der Waals surface area contributed by atoms with Crippen molar-refractivity contribution in [2.75, 3.05) is 11.4 Å². The van der Waals surface area contributed by atoms with E-state index in [1.54, 1.807) is 22.3 Å². The van der Waals surface area contributed by atoms with Gasteiger partial charge in [-0.3, -0.25) is 9.69 Å². The topological polar surface area (TPSA) is 59.2 Å². The van der Waals surface area contributed by atoms with Crippen molar-refractivity contribution in [3.05, 3.63) is 53.2 Å². The summed E-state index contributed by atoms with van der Waals surface area (Å²) in [5.41, 5.74) is 2.52. The number of benzene rings is 1. The first-order valence-electron chi connectivity index (χ1n) is 8.49. The number of aryl methyl sites for hydroxylation is 2. The molecule has 2 aromatic heterocycles. The first-order valence-corrected chi connectivity index (χ1v) is 9.31. The number of amides is 1. The number of hydrogen-bond acceptors (Lipinski definition) is 5. The zero-order valence-electron chi connectivity index (χ0n) is 13.9. The third kappa shape index (κ3) is 3.09. The Hall–Kier alpha value is -2.47. The predicted octanol–water partition coefficient (Wildman–Crippen LogP) is 3.92. The molecule has 0 radical (unpaired) electrons. The van der Waals surface area contributed by atoms with Crippen molar-refractivity contribution >= 4 is 33.3 Å². The molecule has 3 aromatic rings. The number of carbonyl (C=O) groups is 1. The minimum atomic E-state index is -0.0370. The van der Waals surface area contributed by atoms with E-state index >= 15 is 0 Å². The SMILES string of the molecule is C=CCN(C(=O)Cc1noc2ccccc12)c1nc2c(s1)CCCC2. The van der Waals surface area contributed by atoms with Gasteiger partial charge < -0.3 is 4.52 Å². The molecule has 1 amide bonds. The molecule has 128 valence electrons. The smallest absolute Gasteiger partial charge is 0.235 e. The van der Waals surface area contributed by atoms with E-state index in [-0.39, 0.29) is 12.3 Å². The van der Waals surface area contributed by atoms with Gasteiger partial charge in [-0.25, -0.2) is 4.98 Å². The number of thiazole rings is 1. The van der Waals surface area contributed by atoms with Gasteiger partial charge in [-0.15, -0.1) is 17.9 Å². The molecule has 0 fully saturated rings. The fourth-order valence-corrected chi connectivity index (χ4v) is 4.35. The quantitative estimate of drug-likeness (QED) is 0.652. The fourth-order valence-electron chi connectivity index (χ4n) is 3.17. The standard InChI is InChI=1S/C19H19N3O2S/c1-2-11-22(19-20-14-8-4-6-10-17(14)25-19)18(23)12-15-13-7-3-5-9-16(13)24-21-15/h2-3,5,7,9H,1,4,6,8,10-12H2. The second kappa shape index (κ2) is 6.80. The lowest BCUT2D eigenvalue weighted by Crippen LogP contribution is -2.32. The van der Waals surface area contributed by atoms with Crippen molar-refractivity contribution in [2.45, 2.75) is 32.1 Å². The average molecular weight is 353 g/mol. The van der Waals surface area contributed by atoms with Gasteiger partial charge in [-0.1, -0.05) is 23.4 Å². The maximum Gasteiger partial charge on any atom is 0.235 e. The largest absolute Gasteiger partial charge is 0.356 e. The lowest BCUT2D eigenvalue weighted by atomic mass is 10.0. The fraction of sp³-hybridized carbons (Fsp3) is 0.316. The second-order valence-corrected chi connectivity index (χ2v) is 7.23. The average Bonchev–Trinajstić information content (AvgIpc) is 3.24. The van der Waals surface area contributed by atoms with Crippen LogP contribution in [0.3, 0.4) is 0 Å². The highest BCUT2D eigenvalue weighted by Crippen LogP contribution is 2.32. The van der Waals surface area contributed by atoms with Crippen molar-refractivity contribution in [3.63, 3.8) is 0 Å². The van der Waals surface area contributed by atoms with Gasteiger partial charge in [0.25, 0.3) is 0 Å². The van der Waals surface area contributed by atoms with E-state index in [1.165, 1.54) is 17.7 Å². The van der Waals surface area contributed by atoms with E-state index in [0.29, 0.717) is 17.8 Å². The molecule has 1 aromatic carbocycles. The van der Waals surface area contributed by atoms with Crippen LogP contribution < -0.4 is 4.90 Å². The summed E-state index contributed by atoms with van der Waals surface area (Å²) in [6.07, 6.45) is 6.38. The van der Waals surface area contributed by atoms with Crippen molar-refractivity contribution in [1.29, 1.82) is 0 Å². The van der Waals surface area contributed by atoms with Crippen molar-refractivity contribution in [1.82, 2.24) is 10.1 Å². The van der Waals surface area contributed by atoms with Gasteiger partial charge in [0.05, 0.1) is 12.1 Å². The third-order valence-electron chi connectivity index (χ3n) is 4.45. The number of fused-ring (bicyclic) bond motifs is 2. The van der Waals surface area contributed by atoms with Crippen LogP contribution in [0, 0.1) is 0 Å². The molecule has 1 aliphatic rings. The molecule has 0 saturated heterocycles. The van der Waals surface area contributed by atoms with Gasteiger partial charge in [0, 0.05) is 16.8 Å². The van der Waals surface area contributed by atoms with E-state index in [1.807, 2.05) is 24.3 Å². The molecule has 5 nitrogen and oxygen atoms in total. The van der Waals surface area contributed by atoms with Crippen LogP contribution in [-0.2, 0) is 24.1 Å². The molecule has 25 heavy (non-hydrogen) atoms. The van der Waals surface area contributed by atoms with Crippen LogP contribution in [0.5, 0.6) is 0 Å². The van der Waals surface area contributed by atoms with Crippen LogP contribution in [0.25, 0.3) is 11.0 Å². The summed E-state index contributed by atoms with van der Waals surface area (Å²) in [6.45, 7) is 4.23. The Morgan fingerprint density at radius 3 is 3.00 bits per heavy atom. The molecule has 0 N–H and O–H groups in total. The minimum Gasteiger partial charge on any atom is -0.356 e. The summed E-state index contributed by atoms with van der Waals surface area (Å²) in [6, 6.07) is 7.59. The molecule has 2 heterocycles. The molecule has 4 rings (SSSR count). The highest BCUT2D eigenvalue weighted by Gasteiger charge is 2.24. The van der Waals surface area contributed by atoms with Crippen molar-refractivity contribution in [3.8, 4) is 0 Å². The number of para-hydroxylation sites is 1. The summed E-state index contributed by atoms with van der Waals surface area (Å²) in [5, 5.41) is 5.72. The summed E-state index contributed by atoms with van der Waals surface area (Å²) < 4.78 is 5.31. The number of nitrogens with zero attached hydrogens (tertiary/aromatic N) is 3. The Morgan fingerprint density at radius 2 is 2.16 bits per heavy atom. The summed E-state index contributed by atoms with van der Waals surface area (Å²) in [4.78, 5) is 20.7. The Balaban J connectivity index is 1.60. The normalized spacial score (nSPS) is 13.6. The molecule has 0 aliphatic heterocycles. The van der Waals surface area contributed by atoms with Crippen molar-refractivity contribution < 1.29 is 9.32 Å². The van der Waals surface area contributed by atoms with Gasteiger partial charge in [-0.05, 0) is 37.8 Å². The molecule has 0 saturated carbocycles. The molecular weight excluding hydrogens is 334 g/mol. The van der Waals surface area contributed by atoms with Crippen molar-refractivity contribution in [2.24, 2.45) is 0 Å². The number of hydrogen-bond donors (Lipinski definition) is 0. The first kappa shape index (κ1) is 16.0. The summed E-state index contributed by atoms with van der Waals surface area (Å²) in [5.74, 6) is -0.0370. The Kier molecular flexibility index (Phi) is 4.36. The number of aromatic nitrogens is 2. The molecule has 0 unspecified atom stereocenters. The lowest BCUT2D eigenvalue weighted by Gasteiger charge is -2.17. The molecule has 1 aliphatic carbocycles. The number of rotatable bonds is 5. The lowest BCUT2D eigenvalue weighted by molar-refractivity contribution is -0.117. The molecule has 6 heteroatoms. The van der Waals surface area contributed by atoms with Gasteiger partial charge in [0.1, 0.15) is 5.69 Å². The predicted molar refractivity (Wildman–Crippen MR) is 99.0 cm³/mol. The highest BCUT2D eigenvalue weighted by atomic mass is 32.1.